The van der Waals surface area contributed by atoms with E-state index in [1.165, 1.54) is 25.1 Å². The van der Waals surface area contributed by atoms with Gasteiger partial charge in [0.15, 0.2) is 5.78 Å². The molecule has 0 bridgehead atoms. The Hall–Kier alpha value is -1.77. The number of ether oxygens (including phenoxy) is 1. The number of Topliss-reactive ketones (excluding diaryl/α,β-unsaturated/α-hetero) is 1. The standard InChI is InChI=1S/C17H24N2O5S/c1-12(16-7-4-10-24-16)19-17(21)8-9-18-25(22,23)15-6-3-5-14(11-15)13(2)20/h3,5-6,11-12,16,18H,4,7-10H2,1-2H3,(H,19,21). The van der Waals surface area contributed by atoms with Crippen molar-refractivity contribution in [1.29, 1.82) is 0 Å². The van der Waals surface area contributed by atoms with Crippen molar-refractivity contribution in [1.82, 2.24) is 10.0 Å². The van der Waals surface area contributed by atoms with Gasteiger partial charge in [-0.3, -0.25) is 9.59 Å². The average Bonchev–Trinajstić information content (AvgIpc) is 3.09. The van der Waals surface area contributed by atoms with E-state index in [-0.39, 0.29) is 41.7 Å². The molecule has 0 aliphatic carbocycles. The van der Waals surface area contributed by atoms with Crippen LogP contribution in [0, 0.1) is 0 Å². The minimum Gasteiger partial charge on any atom is -0.376 e. The maximum Gasteiger partial charge on any atom is 0.240 e. The van der Waals surface area contributed by atoms with Gasteiger partial charge in [-0.1, -0.05) is 12.1 Å². The fourth-order valence-electron chi connectivity index (χ4n) is 2.68. The summed E-state index contributed by atoms with van der Waals surface area (Å²) in [5.41, 5.74) is 0.325. The van der Waals surface area contributed by atoms with Gasteiger partial charge in [0, 0.05) is 25.1 Å². The summed E-state index contributed by atoms with van der Waals surface area (Å²) in [7, 11) is -3.76. The largest absolute Gasteiger partial charge is 0.376 e. The number of ketones is 1. The lowest BCUT2D eigenvalue weighted by molar-refractivity contribution is -0.122. The van der Waals surface area contributed by atoms with Crippen LogP contribution in [0.5, 0.6) is 0 Å². The number of carbonyl (C=O) groups is 2. The van der Waals surface area contributed by atoms with E-state index < -0.39 is 10.0 Å². The summed E-state index contributed by atoms with van der Waals surface area (Å²) in [6.45, 7) is 3.95. The number of sulfonamides is 1. The van der Waals surface area contributed by atoms with Crippen molar-refractivity contribution in [2.75, 3.05) is 13.2 Å². The van der Waals surface area contributed by atoms with Gasteiger partial charge >= 0.3 is 0 Å². The molecule has 25 heavy (non-hydrogen) atoms. The Labute approximate surface area is 148 Å². The van der Waals surface area contributed by atoms with E-state index >= 15 is 0 Å². The van der Waals surface area contributed by atoms with Crippen molar-refractivity contribution in [3.63, 3.8) is 0 Å². The first-order valence-corrected chi connectivity index (χ1v) is 9.79. The van der Waals surface area contributed by atoms with Gasteiger partial charge in [-0.25, -0.2) is 13.1 Å². The van der Waals surface area contributed by atoms with Crippen LogP contribution in [-0.2, 0) is 19.6 Å². The second-order valence-electron chi connectivity index (χ2n) is 6.14. The number of amides is 1. The Balaban J connectivity index is 1.84. The molecule has 8 heteroatoms. The number of carbonyl (C=O) groups excluding carboxylic acids is 2. The normalized spacial score (nSPS) is 18.7. The summed E-state index contributed by atoms with van der Waals surface area (Å²) in [6, 6.07) is 5.71. The Bertz CT molecular complexity index is 726. The third-order valence-electron chi connectivity index (χ3n) is 4.11. The number of rotatable bonds is 8. The Morgan fingerprint density at radius 3 is 2.76 bits per heavy atom. The van der Waals surface area contributed by atoms with E-state index in [2.05, 4.69) is 10.0 Å². The zero-order valence-corrected chi connectivity index (χ0v) is 15.3. The smallest absolute Gasteiger partial charge is 0.240 e. The molecule has 2 atom stereocenters. The van der Waals surface area contributed by atoms with Gasteiger partial charge in [0.2, 0.25) is 15.9 Å². The average molecular weight is 368 g/mol. The van der Waals surface area contributed by atoms with Gasteiger partial charge in [-0.2, -0.15) is 0 Å². The summed E-state index contributed by atoms with van der Waals surface area (Å²) in [5, 5.41) is 2.83. The maximum atomic E-state index is 12.2. The zero-order chi connectivity index (χ0) is 18.4. The summed E-state index contributed by atoms with van der Waals surface area (Å²) >= 11 is 0. The first-order valence-electron chi connectivity index (χ1n) is 8.31. The van der Waals surface area contributed by atoms with Gasteiger partial charge in [0.1, 0.15) is 0 Å². The third kappa shape index (κ3) is 5.62. The van der Waals surface area contributed by atoms with Gasteiger partial charge < -0.3 is 10.1 Å². The van der Waals surface area contributed by atoms with Crippen LogP contribution in [0.2, 0.25) is 0 Å². The van der Waals surface area contributed by atoms with Crippen LogP contribution < -0.4 is 10.0 Å². The third-order valence-corrected chi connectivity index (χ3v) is 5.56. The van der Waals surface area contributed by atoms with Crippen molar-refractivity contribution in [2.24, 2.45) is 0 Å². The van der Waals surface area contributed by atoms with Crippen molar-refractivity contribution in [2.45, 2.75) is 50.2 Å². The van der Waals surface area contributed by atoms with Crippen LogP contribution in [0.4, 0.5) is 0 Å². The van der Waals surface area contributed by atoms with Crippen LogP contribution in [0.1, 0.15) is 43.5 Å². The molecule has 7 nitrogen and oxygen atoms in total. The Morgan fingerprint density at radius 2 is 2.12 bits per heavy atom. The molecule has 1 amide bonds. The first-order chi connectivity index (χ1) is 11.8. The quantitative estimate of drug-likeness (QED) is 0.672. The molecule has 138 valence electrons. The van der Waals surface area contributed by atoms with E-state index in [1.807, 2.05) is 6.92 Å². The molecule has 1 aromatic carbocycles. The van der Waals surface area contributed by atoms with E-state index in [4.69, 9.17) is 4.74 Å². The predicted molar refractivity (Wildman–Crippen MR) is 92.8 cm³/mol. The van der Waals surface area contributed by atoms with Crippen LogP contribution in [0.3, 0.4) is 0 Å². The van der Waals surface area contributed by atoms with Crippen LogP contribution in [0.15, 0.2) is 29.2 Å². The molecular formula is C17H24N2O5S. The highest BCUT2D eigenvalue weighted by atomic mass is 32.2. The van der Waals surface area contributed by atoms with Crippen molar-refractivity contribution in [3.05, 3.63) is 29.8 Å². The number of hydrogen-bond acceptors (Lipinski definition) is 5. The van der Waals surface area contributed by atoms with E-state index in [0.29, 0.717) is 12.2 Å². The monoisotopic (exact) mass is 368 g/mol. The molecule has 0 radical (unpaired) electrons. The Kier molecular flexibility index (Phi) is 6.69. The van der Waals surface area contributed by atoms with Crippen LogP contribution >= 0.6 is 0 Å². The highest BCUT2D eigenvalue weighted by molar-refractivity contribution is 7.89. The van der Waals surface area contributed by atoms with Gasteiger partial charge in [0.05, 0.1) is 17.0 Å². The molecule has 1 saturated heterocycles. The maximum absolute atomic E-state index is 12.2. The molecule has 0 aromatic heterocycles. The van der Waals surface area contributed by atoms with E-state index in [0.717, 1.165) is 12.8 Å². The molecule has 1 aliphatic rings. The first kappa shape index (κ1) is 19.6. The molecular weight excluding hydrogens is 344 g/mol. The SMILES string of the molecule is CC(=O)c1cccc(S(=O)(=O)NCCC(=O)NC(C)C2CCCO2)c1. The Morgan fingerprint density at radius 1 is 1.36 bits per heavy atom. The van der Waals surface area contributed by atoms with Crippen molar-refractivity contribution >= 4 is 21.7 Å². The van der Waals surface area contributed by atoms with Crippen LogP contribution in [0.25, 0.3) is 0 Å². The molecule has 1 aliphatic heterocycles. The molecule has 2 N–H and O–H groups in total. The van der Waals surface area contributed by atoms with Crippen LogP contribution in [-0.4, -0.2) is 45.4 Å². The molecule has 2 rings (SSSR count). The fourth-order valence-corrected chi connectivity index (χ4v) is 3.76. The van der Waals surface area contributed by atoms with Gasteiger partial charge in [-0.15, -0.1) is 0 Å². The predicted octanol–water partition coefficient (Wildman–Crippen LogP) is 1.24. The number of hydrogen-bond donors (Lipinski definition) is 2. The van der Waals surface area contributed by atoms with Crippen molar-refractivity contribution in [3.8, 4) is 0 Å². The lowest BCUT2D eigenvalue weighted by Crippen LogP contribution is -2.42. The van der Waals surface area contributed by atoms with E-state index in [1.54, 1.807) is 6.07 Å². The van der Waals surface area contributed by atoms with Crippen molar-refractivity contribution < 1.29 is 22.7 Å². The molecule has 1 fully saturated rings. The number of nitrogens with one attached hydrogen (secondary N) is 2. The van der Waals surface area contributed by atoms with E-state index in [9.17, 15) is 18.0 Å². The summed E-state index contributed by atoms with van der Waals surface area (Å²) in [4.78, 5) is 23.3. The highest BCUT2D eigenvalue weighted by Gasteiger charge is 2.23. The minimum absolute atomic E-state index is 0.00771. The van der Waals surface area contributed by atoms with Gasteiger partial charge in [-0.05, 0) is 38.8 Å². The molecule has 1 heterocycles. The summed E-state index contributed by atoms with van der Waals surface area (Å²) in [6.07, 6.45) is 1.96. The molecule has 0 spiro atoms. The molecule has 0 saturated carbocycles. The lowest BCUT2D eigenvalue weighted by atomic mass is 10.1. The fraction of sp³-hybridized carbons (Fsp3) is 0.529. The topological polar surface area (TPSA) is 102 Å². The molecule has 1 aromatic rings. The molecule has 2 unspecified atom stereocenters. The summed E-state index contributed by atoms with van der Waals surface area (Å²) in [5.74, 6) is -0.442. The zero-order valence-electron chi connectivity index (χ0n) is 14.4. The lowest BCUT2D eigenvalue weighted by Gasteiger charge is -2.20. The second-order valence-corrected chi connectivity index (χ2v) is 7.91. The summed E-state index contributed by atoms with van der Waals surface area (Å²) < 4.78 is 32.4. The highest BCUT2D eigenvalue weighted by Crippen LogP contribution is 2.15. The number of benzene rings is 1. The second kappa shape index (κ2) is 8.55. The van der Waals surface area contributed by atoms with Gasteiger partial charge in [0.25, 0.3) is 0 Å². The minimum atomic E-state index is -3.76.